The van der Waals surface area contributed by atoms with Crippen molar-refractivity contribution in [2.24, 2.45) is 7.05 Å². The van der Waals surface area contributed by atoms with E-state index in [-0.39, 0.29) is 5.91 Å². The Bertz CT molecular complexity index is 565. The second kappa shape index (κ2) is 6.88. The largest absolute Gasteiger partial charge is 0.351 e. The quantitative estimate of drug-likeness (QED) is 0.482. The second-order valence-electron chi connectivity index (χ2n) is 4.49. The molecule has 1 N–H and O–H groups in total. The number of carbonyl (C=O) groups excluding carboxylic acids is 1. The molecule has 2 rings (SSSR count). The van der Waals surface area contributed by atoms with Crippen LogP contribution in [0, 0.1) is 0 Å². The molecular weight excluding hydrogens is 353 g/mol. The number of para-hydroxylation sites is 1. The van der Waals surface area contributed by atoms with Crippen molar-refractivity contribution in [3.8, 4) is 0 Å². The van der Waals surface area contributed by atoms with Gasteiger partial charge in [-0.25, -0.2) is 0 Å². The summed E-state index contributed by atoms with van der Waals surface area (Å²) in [6, 6.07) is 7.80. The molecule has 1 amide bonds. The number of unbranched alkanes of at least 4 members (excludes halogenated alkanes) is 2. The zero-order valence-electron chi connectivity index (χ0n) is 11.0. The van der Waals surface area contributed by atoms with Gasteiger partial charge in [0.25, 0.3) is 5.91 Å². The molecule has 0 aliphatic heterocycles. The van der Waals surface area contributed by atoms with Crippen LogP contribution >= 0.6 is 22.6 Å². The number of hydrogen-bond donors (Lipinski definition) is 1. The number of alkyl halides is 1. The van der Waals surface area contributed by atoms with Gasteiger partial charge in [-0.15, -0.1) is 0 Å². The van der Waals surface area contributed by atoms with E-state index in [0.29, 0.717) is 5.69 Å². The van der Waals surface area contributed by atoms with Crippen molar-refractivity contribution in [2.45, 2.75) is 19.3 Å². The normalized spacial score (nSPS) is 10.8. The minimum absolute atomic E-state index is 0.0775. The van der Waals surface area contributed by atoms with Crippen molar-refractivity contribution in [3.05, 3.63) is 30.0 Å². The van der Waals surface area contributed by atoms with Crippen LogP contribution in [-0.2, 0) is 7.05 Å². The van der Waals surface area contributed by atoms with Gasteiger partial charge in [-0.2, -0.15) is 5.10 Å². The van der Waals surface area contributed by atoms with Gasteiger partial charge in [0.05, 0.1) is 5.52 Å². The van der Waals surface area contributed by atoms with Crippen molar-refractivity contribution in [3.63, 3.8) is 0 Å². The Balaban J connectivity index is 2.01. The summed E-state index contributed by atoms with van der Waals surface area (Å²) in [4.78, 5) is 12.1. The van der Waals surface area contributed by atoms with Gasteiger partial charge >= 0.3 is 0 Å². The van der Waals surface area contributed by atoms with E-state index < -0.39 is 0 Å². The third-order valence-corrected chi connectivity index (χ3v) is 3.83. The number of amides is 1. The summed E-state index contributed by atoms with van der Waals surface area (Å²) in [5.41, 5.74) is 1.50. The van der Waals surface area contributed by atoms with Gasteiger partial charge in [0.2, 0.25) is 0 Å². The molecule has 0 radical (unpaired) electrons. The first-order chi connectivity index (χ1) is 9.24. The van der Waals surface area contributed by atoms with Crippen molar-refractivity contribution in [1.82, 2.24) is 15.1 Å². The van der Waals surface area contributed by atoms with E-state index in [1.807, 2.05) is 31.3 Å². The molecule has 0 spiro atoms. The summed E-state index contributed by atoms with van der Waals surface area (Å²) >= 11 is 2.37. The average molecular weight is 371 g/mol. The third kappa shape index (κ3) is 3.46. The highest BCUT2D eigenvalue weighted by Crippen LogP contribution is 2.17. The van der Waals surface area contributed by atoms with E-state index in [2.05, 4.69) is 33.0 Å². The van der Waals surface area contributed by atoms with Crippen LogP contribution in [0.25, 0.3) is 10.9 Å². The molecule has 2 aromatic rings. The monoisotopic (exact) mass is 371 g/mol. The van der Waals surface area contributed by atoms with Gasteiger partial charge in [0.15, 0.2) is 5.69 Å². The predicted octanol–water partition coefficient (Wildman–Crippen LogP) is 2.91. The fourth-order valence-corrected chi connectivity index (χ4v) is 2.60. The zero-order chi connectivity index (χ0) is 13.7. The first kappa shape index (κ1) is 14.3. The van der Waals surface area contributed by atoms with Gasteiger partial charge < -0.3 is 5.32 Å². The molecule has 1 aromatic heterocycles. The van der Waals surface area contributed by atoms with Crippen LogP contribution in [0.1, 0.15) is 29.8 Å². The van der Waals surface area contributed by atoms with Crippen LogP contribution in [0.15, 0.2) is 24.3 Å². The Morgan fingerprint density at radius 1 is 1.32 bits per heavy atom. The molecule has 1 aromatic carbocycles. The Labute approximate surface area is 126 Å². The van der Waals surface area contributed by atoms with Crippen LogP contribution in [0.4, 0.5) is 0 Å². The number of rotatable bonds is 6. The van der Waals surface area contributed by atoms with Gasteiger partial charge in [-0.05, 0) is 23.3 Å². The SMILES string of the molecule is Cn1nc(C(=O)NCCCCCI)c2ccccc21. The third-order valence-electron chi connectivity index (χ3n) is 3.07. The molecule has 0 aliphatic rings. The van der Waals surface area contributed by atoms with Crippen LogP contribution in [-0.4, -0.2) is 26.7 Å². The number of hydrogen-bond acceptors (Lipinski definition) is 2. The maximum absolute atomic E-state index is 12.1. The first-order valence-corrected chi connectivity index (χ1v) is 8.02. The Morgan fingerprint density at radius 2 is 2.11 bits per heavy atom. The molecule has 19 heavy (non-hydrogen) atoms. The van der Waals surface area contributed by atoms with Gasteiger partial charge in [0, 0.05) is 19.0 Å². The van der Waals surface area contributed by atoms with Gasteiger partial charge in [0.1, 0.15) is 0 Å². The number of halogens is 1. The number of benzene rings is 1. The topological polar surface area (TPSA) is 46.9 Å². The zero-order valence-corrected chi connectivity index (χ0v) is 13.2. The van der Waals surface area contributed by atoms with Crippen molar-refractivity contribution in [1.29, 1.82) is 0 Å². The minimum Gasteiger partial charge on any atom is -0.351 e. The van der Waals surface area contributed by atoms with Crippen molar-refractivity contribution >= 4 is 39.4 Å². The summed E-state index contributed by atoms with van der Waals surface area (Å²) in [5, 5.41) is 8.17. The van der Waals surface area contributed by atoms with Crippen molar-refractivity contribution < 1.29 is 4.79 Å². The molecule has 5 heteroatoms. The van der Waals surface area contributed by atoms with E-state index in [1.54, 1.807) is 4.68 Å². The van der Waals surface area contributed by atoms with E-state index in [1.165, 1.54) is 10.8 Å². The molecule has 0 saturated carbocycles. The van der Waals surface area contributed by atoms with E-state index in [9.17, 15) is 4.79 Å². The van der Waals surface area contributed by atoms with Crippen LogP contribution in [0.5, 0.6) is 0 Å². The molecule has 102 valence electrons. The highest BCUT2D eigenvalue weighted by atomic mass is 127. The molecule has 0 aliphatic carbocycles. The number of nitrogens with zero attached hydrogens (tertiary/aromatic N) is 2. The van der Waals surface area contributed by atoms with Crippen LogP contribution < -0.4 is 5.32 Å². The molecule has 0 fully saturated rings. The highest BCUT2D eigenvalue weighted by molar-refractivity contribution is 14.1. The lowest BCUT2D eigenvalue weighted by Crippen LogP contribution is -2.25. The lowest BCUT2D eigenvalue weighted by atomic mass is 10.2. The van der Waals surface area contributed by atoms with E-state index in [0.717, 1.165) is 30.3 Å². The molecule has 0 unspecified atom stereocenters. The molecule has 0 saturated heterocycles. The van der Waals surface area contributed by atoms with Crippen molar-refractivity contribution in [2.75, 3.05) is 11.0 Å². The molecular formula is C14H18IN3O. The Morgan fingerprint density at radius 3 is 2.89 bits per heavy atom. The Kier molecular flexibility index (Phi) is 5.18. The first-order valence-electron chi connectivity index (χ1n) is 6.50. The Hall–Kier alpha value is -1.11. The maximum atomic E-state index is 12.1. The highest BCUT2D eigenvalue weighted by Gasteiger charge is 2.14. The number of carbonyl (C=O) groups is 1. The smallest absolute Gasteiger partial charge is 0.272 e. The van der Waals surface area contributed by atoms with Crippen LogP contribution in [0.2, 0.25) is 0 Å². The minimum atomic E-state index is -0.0775. The van der Waals surface area contributed by atoms with E-state index >= 15 is 0 Å². The van der Waals surface area contributed by atoms with Gasteiger partial charge in [-0.3, -0.25) is 9.48 Å². The standard InChI is InChI=1S/C14H18IN3O/c1-18-12-8-4-3-7-11(12)13(17-18)14(19)16-10-6-2-5-9-15/h3-4,7-8H,2,5-6,9-10H2,1H3,(H,16,19). The summed E-state index contributed by atoms with van der Waals surface area (Å²) in [6.07, 6.45) is 3.40. The molecule has 4 nitrogen and oxygen atoms in total. The predicted molar refractivity (Wildman–Crippen MR) is 85.8 cm³/mol. The number of nitrogens with one attached hydrogen (secondary N) is 1. The fraction of sp³-hybridized carbons (Fsp3) is 0.429. The number of aryl methyl sites for hydroxylation is 1. The fourth-order valence-electron chi connectivity index (χ4n) is 2.06. The van der Waals surface area contributed by atoms with Crippen LogP contribution in [0.3, 0.4) is 0 Å². The number of fused-ring (bicyclic) bond motifs is 1. The summed E-state index contributed by atoms with van der Waals surface area (Å²) < 4.78 is 2.93. The number of aromatic nitrogens is 2. The maximum Gasteiger partial charge on any atom is 0.272 e. The van der Waals surface area contributed by atoms with Gasteiger partial charge in [-0.1, -0.05) is 47.2 Å². The summed E-state index contributed by atoms with van der Waals surface area (Å²) in [5.74, 6) is -0.0775. The summed E-state index contributed by atoms with van der Waals surface area (Å²) in [7, 11) is 1.86. The lowest BCUT2D eigenvalue weighted by molar-refractivity contribution is 0.0949. The van der Waals surface area contributed by atoms with E-state index in [4.69, 9.17) is 0 Å². The summed E-state index contributed by atoms with van der Waals surface area (Å²) in [6.45, 7) is 0.723. The average Bonchev–Trinajstić information content (AvgIpc) is 2.76. The molecule has 0 atom stereocenters. The molecule has 1 heterocycles. The lowest BCUT2D eigenvalue weighted by Gasteiger charge is -2.02. The molecule has 0 bridgehead atoms. The second-order valence-corrected chi connectivity index (χ2v) is 5.57.